The minimum absolute atomic E-state index is 0.689. The molecule has 0 fully saturated rings. The number of allylic oxidation sites excluding steroid dienone is 1. The Labute approximate surface area is 123 Å². The second kappa shape index (κ2) is 5.71. The second-order valence-corrected chi connectivity index (χ2v) is 4.98. The van der Waals surface area contributed by atoms with Gasteiger partial charge >= 0.3 is 0 Å². The number of nitrogens with one attached hydrogen (secondary N) is 1. The summed E-state index contributed by atoms with van der Waals surface area (Å²) in [7, 11) is 0. The fourth-order valence-electron chi connectivity index (χ4n) is 2.36. The lowest BCUT2D eigenvalue weighted by Crippen LogP contribution is -1.94. The second-order valence-electron chi connectivity index (χ2n) is 4.98. The molecule has 0 saturated heterocycles. The Kier molecular flexibility index (Phi) is 3.60. The van der Waals surface area contributed by atoms with E-state index in [0.29, 0.717) is 5.82 Å². The van der Waals surface area contributed by atoms with E-state index >= 15 is 0 Å². The molecule has 0 bridgehead atoms. The van der Waals surface area contributed by atoms with Gasteiger partial charge in [0.2, 0.25) is 0 Å². The molecule has 0 saturated carbocycles. The quantitative estimate of drug-likeness (QED) is 0.796. The minimum Gasteiger partial charge on any atom is -0.239 e. The zero-order valence-corrected chi connectivity index (χ0v) is 12.0. The van der Waals surface area contributed by atoms with Gasteiger partial charge in [0.05, 0.1) is 0 Å². The first kappa shape index (κ1) is 13.2. The number of tetrazole rings is 1. The van der Waals surface area contributed by atoms with Gasteiger partial charge in [0.15, 0.2) is 5.82 Å². The van der Waals surface area contributed by atoms with Crippen molar-refractivity contribution in [2.75, 3.05) is 0 Å². The van der Waals surface area contributed by atoms with E-state index in [2.05, 4.69) is 63.9 Å². The van der Waals surface area contributed by atoms with Crippen LogP contribution in [0.3, 0.4) is 0 Å². The van der Waals surface area contributed by atoms with Crippen LogP contribution in [0, 0.1) is 6.92 Å². The SMILES string of the molecule is CC(=C(c1ccccc1)c1ccc(C)cc1)c1nnn[nH]1. The van der Waals surface area contributed by atoms with E-state index in [1.165, 1.54) is 5.56 Å². The molecule has 0 spiro atoms. The third-order valence-electron chi connectivity index (χ3n) is 3.48. The predicted octanol–water partition coefficient (Wildman–Crippen LogP) is 3.49. The van der Waals surface area contributed by atoms with Gasteiger partial charge < -0.3 is 0 Å². The zero-order chi connectivity index (χ0) is 14.7. The van der Waals surface area contributed by atoms with Crippen LogP contribution in [0.2, 0.25) is 0 Å². The average molecular weight is 276 g/mol. The number of benzene rings is 2. The van der Waals surface area contributed by atoms with Crippen LogP contribution in [-0.4, -0.2) is 20.6 Å². The maximum Gasteiger partial charge on any atom is 0.175 e. The van der Waals surface area contributed by atoms with E-state index in [0.717, 1.165) is 22.3 Å². The van der Waals surface area contributed by atoms with E-state index in [4.69, 9.17) is 0 Å². The predicted molar refractivity (Wildman–Crippen MR) is 83.4 cm³/mol. The Hall–Kier alpha value is -2.75. The monoisotopic (exact) mass is 276 g/mol. The van der Waals surface area contributed by atoms with Gasteiger partial charge in [-0.25, -0.2) is 5.10 Å². The van der Waals surface area contributed by atoms with Gasteiger partial charge in [0.25, 0.3) is 0 Å². The highest BCUT2D eigenvalue weighted by Gasteiger charge is 2.12. The Morgan fingerprint density at radius 3 is 2.19 bits per heavy atom. The summed E-state index contributed by atoms with van der Waals surface area (Å²) in [4.78, 5) is 0. The van der Waals surface area contributed by atoms with E-state index in [9.17, 15) is 0 Å². The molecule has 2 aromatic carbocycles. The molecule has 0 atom stereocenters. The number of hydrogen-bond acceptors (Lipinski definition) is 3. The molecule has 0 aliphatic heterocycles. The Bertz CT molecular complexity index is 741. The molecule has 3 rings (SSSR count). The van der Waals surface area contributed by atoms with Crippen molar-refractivity contribution in [3.63, 3.8) is 0 Å². The lowest BCUT2D eigenvalue weighted by Gasteiger charge is -2.12. The molecule has 0 aliphatic carbocycles. The van der Waals surface area contributed by atoms with Gasteiger partial charge in [-0.05, 0) is 41.0 Å². The van der Waals surface area contributed by atoms with Crippen molar-refractivity contribution >= 4 is 11.1 Å². The van der Waals surface area contributed by atoms with Gasteiger partial charge in [-0.2, -0.15) is 0 Å². The summed E-state index contributed by atoms with van der Waals surface area (Å²) in [5.74, 6) is 0.689. The number of rotatable bonds is 3. The molecule has 4 heteroatoms. The minimum atomic E-state index is 0.689. The molecule has 1 heterocycles. The molecule has 1 N–H and O–H groups in total. The van der Waals surface area contributed by atoms with Crippen LogP contribution < -0.4 is 0 Å². The maximum absolute atomic E-state index is 4.03. The van der Waals surface area contributed by atoms with Crippen molar-refractivity contribution in [3.05, 3.63) is 77.1 Å². The highest BCUT2D eigenvalue weighted by atomic mass is 15.5. The van der Waals surface area contributed by atoms with Gasteiger partial charge in [-0.3, -0.25) is 0 Å². The van der Waals surface area contributed by atoms with E-state index in [1.807, 2.05) is 25.1 Å². The average Bonchev–Trinajstić information content (AvgIpc) is 3.05. The van der Waals surface area contributed by atoms with E-state index < -0.39 is 0 Å². The number of nitrogens with zero attached hydrogens (tertiary/aromatic N) is 3. The first-order chi connectivity index (χ1) is 10.3. The summed E-state index contributed by atoms with van der Waals surface area (Å²) in [6.45, 7) is 4.12. The van der Waals surface area contributed by atoms with E-state index in [1.54, 1.807) is 0 Å². The molecule has 0 amide bonds. The first-order valence-corrected chi connectivity index (χ1v) is 6.83. The molecule has 104 valence electrons. The van der Waals surface area contributed by atoms with Gasteiger partial charge in [-0.1, -0.05) is 60.2 Å². The van der Waals surface area contributed by atoms with Crippen LogP contribution in [0.1, 0.15) is 29.4 Å². The van der Waals surface area contributed by atoms with Gasteiger partial charge in [-0.15, -0.1) is 5.10 Å². The number of aryl methyl sites for hydroxylation is 1. The normalized spacial score (nSPS) is 12.1. The van der Waals surface area contributed by atoms with Gasteiger partial charge in [0, 0.05) is 5.57 Å². The highest BCUT2D eigenvalue weighted by molar-refractivity contribution is 5.96. The fourth-order valence-corrected chi connectivity index (χ4v) is 2.36. The lowest BCUT2D eigenvalue weighted by atomic mass is 9.93. The lowest BCUT2D eigenvalue weighted by molar-refractivity contribution is 0.881. The third-order valence-corrected chi connectivity index (χ3v) is 3.48. The third kappa shape index (κ3) is 2.74. The van der Waals surface area contributed by atoms with Crippen molar-refractivity contribution in [2.24, 2.45) is 0 Å². The van der Waals surface area contributed by atoms with Crippen LogP contribution in [0.4, 0.5) is 0 Å². The molecular weight excluding hydrogens is 260 g/mol. The molecule has 4 nitrogen and oxygen atoms in total. The summed E-state index contributed by atoms with van der Waals surface area (Å²) in [5.41, 5.74) is 5.70. The van der Waals surface area contributed by atoms with Crippen molar-refractivity contribution in [2.45, 2.75) is 13.8 Å². The smallest absolute Gasteiger partial charge is 0.175 e. The molecule has 0 unspecified atom stereocenters. The molecular formula is C17H16N4. The first-order valence-electron chi connectivity index (χ1n) is 6.83. The molecule has 21 heavy (non-hydrogen) atoms. The van der Waals surface area contributed by atoms with Crippen molar-refractivity contribution in [1.29, 1.82) is 0 Å². The molecule has 0 aliphatic rings. The number of aromatic amines is 1. The highest BCUT2D eigenvalue weighted by Crippen LogP contribution is 2.30. The van der Waals surface area contributed by atoms with Crippen LogP contribution >= 0.6 is 0 Å². The summed E-state index contributed by atoms with van der Waals surface area (Å²) in [5, 5.41) is 14.2. The summed E-state index contributed by atoms with van der Waals surface area (Å²) >= 11 is 0. The Morgan fingerprint density at radius 1 is 0.905 bits per heavy atom. The van der Waals surface area contributed by atoms with Crippen LogP contribution in [0.5, 0.6) is 0 Å². The Morgan fingerprint density at radius 2 is 1.57 bits per heavy atom. The van der Waals surface area contributed by atoms with Crippen molar-refractivity contribution < 1.29 is 0 Å². The van der Waals surface area contributed by atoms with Crippen LogP contribution in [-0.2, 0) is 0 Å². The standard InChI is InChI=1S/C17H16N4/c1-12-8-10-15(11-9-12)16(14-6-4-3-5-7-14)13(2)17-18-20-21-19-17/h3-11H,1-2H3,(H,18,19,20,21). The fraction of sp³-hybridized carbons (Fsp3) is 0.118. The summed E-state index contributed by atoms with van der Waals surface area (Å²) in [6, 6.07) is 18.8. The van der Waals surface area contributed by atoms with Gasteiger partial charge in [0.1, 0.15) is 0 Å². The van der Waals surface area contributed by atoms with E-state index in [-0.39, 0.29) is 0 Å². The van der Waals surface area contributed by atoms with Crippen LogP contribution in [0.15, 0.2) is 54.6 Å². The number of H-pyrrole nitrogens is 1. The van der Waals surface area contributed by atoms with Crippen LogP contribution in [0.25, 0.3) is 11.1 Å². The largest absolute Gasteiger partial charge is 0.239 e. The van der Waals surface area contributed by atoms with Crippen molar-refractivity contribution in [1.82, 2.24) is 20.6 Å². The number of hydrogen-bond donors (Lipinski definition) is 1. The van der Waals surface area contributed by atoms with Crippen molar-refractivity contribution in [3.8, 4) is 0 Å². The molecule has 3 aromatic rings. The molecule has 0 radical (unpaired) electrons. The zero-order valence-electron chi connectivity index (χ0n) is 12.0. The summed E-state index contributed by atoms with van der Waals surface area (Å²) < 4.78 is 0. The Balaban J connectivity index is 2.21. The summed E-state index contributed by atoms with van der Waals surface area (Å²) in [6.07, 6.45) is 0. The maximum atomic E-state index is 4.03. The molecule has 1 aromatic heterocycles. The number of aromatic nitrogens is 4. The topological polar surface area (TPSA) is 54.5 Å².